The van der Waals surface area contributed by atoms with Crippen molar-refractivity contribution in [3.63, 3.8) is 0 Å². The SMILES string of the molecule is CN(Cc1ccc(N(C)C)cc1)C(=O)COC(=O)CCCN1C(=O)CNC1=O. The molecule has 9 nitrogen and oxygen atoms in total. The van der Waals surface area contributed by atoms with Crippen molar-refractivity contribution < 1.29 is 23.9 Å². The van der Waals surface area contributed by atoms with E-state index in [0.717, 1.165) is 16.2 Å². The number of esters is 1. The number of benzene rings is 1. The zero-order chi connectivity index (χ0) is 20.7. The van der Waals surface area contributed by atoms with Gasteiger partial charge in [0, 0.05) is 46.3 Å². The molecular formula is C19H26N4O5. The number of carbonyl (C=O) groups excluding carboxylic acids is 4. The summed E-state index contributed by atoms with van der Waals surface area (Å²) in [6.45, 7) is 0.211. The highest BCUT2D eigenvalue weighted by molar-refractivity contribution is 6.01. The van der Waals surface area contributed by atoms with Crippen LogP contribution in [-0.4, -0.2) is 74.5 Å². The van der Waals surface area contributed by atoms with Crippen molar-refractivity contribution in [2.45, 2.75) is 19.4 Å². The Balaban J connectivity index is 1.68. The number of likely N-dealkylation sites (N-methyl/N-ethyl adjacent to an activating group) is 1. The second-order valence-electron chi connectivity index (χ2n) is 6.78. The van der Waals surface area contributed by atoms with Crippen LogP contribution >= 0.6 is 0 Å². The highest BCUT2D eigenvalue weighted by atomic mass is 16.5. The quantitative estimate of drug-likeness (QED) is 0.489. The largest absolute Gasteiger partial charge is 0.456 e. The van der Waals surface area contributed by atoms with Crippen LogP contribution in [0.15, 0.2) is 24.3 Å². The number of amides is 4. The molecule has 0 atom stereocenters. The van der Waals surface area contributed by atoms with Crippen LogP contribution < -0.4 is 10.2 Å². The van der Waals surface area contributed by atoms with E-state index in [1.54, 1.807) is 7.05 Å². The van der Waals surface area contributed by atoms with E-state index < -0.39 is 12.0 Å². The van der Waals surface area contributed by atoms with Gasteiger partial charge in [0.2, 0.25) is 5.91 Å². The number of carbonyl (C=O) groups is 4. The van der Waals surface area contributed by atoms with Gasteiger partial charge in [-0.25, -0.2) is 4.79 Å². The van der Waals surface area contributed by atoms with E-state index in [0.29, 0.717) is 13.0 Å². The summed E-state index contributed by atoms with van der Waals surface area (Å²) >= 11 is 0. The molecule has 152 valence electrons. The molecule has 1 aliphatic heterocycles. The average Bonchev–Trinajstić information content (AvgIpc) is 2.98. The lowest BCUT2D eigenvalue weighted by Gasteiger charge is -2.18. The Kier molecular flexibility index (Phi) is 7.36. The van der Waals surface area contributed by atoms with Gasteiger partial charge in [-0.15, -0.1) is 0 Å². The number of ether oxygens (including phenoxy) is 1. The number of hydrogen-bond acceptors (Lipinski definition) is 6. The Bertz CT molecular complexity index is 716. The predicted molar refractivity (Wildman–Crippen MR) is 103 cm³/mol. The first-order chi connectivity index (χ1) is 13.3. The molecule has 0 spiro atoms. The molecule has 1 aromatic rings. The Hall–Kier alpha value is -3.10. The van der Waals surface area contributed by atoms with Crippen LogP contribution in [0.25, 0.3) is 0 Å². The van der Waals surface area contributed by atoms with E-state index in [9.17, 15) is 19.2 Å². The maximum atomic E-state index is 12.1. The zero-order valence-electron chi connectivity index (χ0n) is 16.4. The molecule has 0 aromatic heterocycles. The van der Waals surface area contributed by atoms with E-state index >= 15 is 0 Å². The van der Waals surface area contributed by atoms with E-state index in [1.165, 1.54) is 4.90 Å². The molecule has 0 radical (unpaired) electrons. The fraction of sp³-hybridized carbons (Fsp3) is 0.474. The van der Waals surface area contributed by atoms with E-state index in [-0.39, 0.29) is 37.9 Å². The molecule has 9 heteroatoms. The Morgan fingerprint density at radius 3 is 2.39 bits per heavy atom. The van der Waals surface area contributed by atoms with Crippen LogP contribution in [0.2, 0.25) is 0 Å². The van der Waals surface area contributed by atoms with Gasteiger partial charge in [-0.05, 0) is 24.1 Å². The molecule has 1 fully saturated rings. The highest BCUT2D eigenvalue weighted by Crippen LogP contribution is 2.13. The Morgan fingerprint density at radius 1 is 1.14 bits per heavy atom. The van der Waals surface area contributed by atoms with Gasteiger partial charge in [0.25, 0.3) is 5.91 Å². The lowest BCUT2D eigenvalue weighted by Crippen LogP contribution is -2.32. The van der Waals surface area contributed by atoms with Crippen LogP contribution in [-0.2, 0) is 25.7 Å². The maximum Gasteiger partial charge on any atom is 0.324 e. The van der Waals surface area contributed by atoms with Crippen molar-refractivity contribution in [2.75, 3.05) is 45.7 Å². The van der Waals surface area contributed by atoms with E-state index in [2.05, 4.69) is 5.32 Å². The first-order valence-electron chi connectivity index (χ1n) is 9.02. The van der Waals surface area contributed by atoms with Gasteiger partial charge in [0.05, 0.1) is 6.54 Å². The number of urea groups is 1. The number of anilines is 1. The molecule has 0 aliphatic carbocycles. The molecular weight excluding hydrogens is 364 g/mol. The van der Waals surface area contributed by atoms with Gasteiger partial charge < -0.3 is 19.9 Å². The lowest BCUT2D eigenvalue weighted by molar-refractivity contribution is -0.151. The lowest BCUT2D eigenvalue weighted by atomic mass is 10.2. The first kappa shape index (κ1) is 21.2. The van der Waals surface area contributed by atoms with Gasteiger partial charge in [-0.3, -0.25) is 19.3 Å². The zero-order valence-corrected chi connectivity index (χ0v) is 16.4. The van der Waals surface area contributed by atoms with Crippen LogP contribution in [0.5, 0.6) is 0 Å². The summed E-state index contributed by atoms with van der Waals surface area (Å²) in [7, 11) is 5.56. The molecule has 28 heavy (non-hydrogen) atoms. The summed E-state index contributed by atoms with van der Waals surface area (Å²) in [5.74, 6) is -1.16. The standard InChI is InChI=1S/C19H26N4O5/c1-21(2)15-8-6-14(7-9-15)12-22(3)17(25)13-28-18(26)5-4-10-23-16(24)11-20-19(23)27/h6-9H,4-5,10-13H2,1-3H3,(H,20,27). The highest BCUT2D eigenvalue weighted by Gasteiger charge is 2.27. The summed E-state index contributed by atoms with van der Waals surface area (Å²) in [6.07, 6.45) is 0.320. The molecule has 0 bridgehead atoms. The topological polar surface area (TPSA) is 99.3 Å². The van der Waals surface area contributed by atoms with Crippen molar-refractivity contribution in [1.29, 1.82) is 0 Å². The second kappa shape index (κ2) is 9.72. The van der Waals surface area contributed by atoms with Crippen LogP contribution in [0.1, 0.15) is 18.4 Å². The van der Waals surface area contributed by atoms with Crippen molar-refractivity contribution in [1.82, 2.24) is 15.1 Å². The summed E-state index contributed by atoms with van der Waals surface area (Å²) < 4.78 is 4.99. The third-order valence-electron chi connectivity index (χ3n) is 4.35. The average molecular weight is 390 g/mol. The Labute approximate surface area is 164 Å². The monoisotopic (exact) mass is 390 g/mol. The van der Waals surface area contributed by atoms with Gasteiger partial charge in [-0.1, -0.05) is 12.1 Å². The van der Waals surface area contributed by atoms with Crippen LogP contribution in [0.4, 0.5) is 10.5 Å². The molecule has 1 aromatic carbocycles. The van der Waals surface area contributed by atoms with Crippen LogP contribution in [0, 0.1) is 0 Å². The Morgan fingerprint density at radius 2 is 1.82 bits per heavy atom. The summed E-state index contributed by atoms with van der Waals surface area (Å²) in [5, 5.41) is 2.41. The normalized spacial score (nSPS) is 13.3. The van der Waals surface area contributed by atoms with Crippen molar-refractivity contribution in [2.24, 2.45) is 0 Å². The molecule has 1 N–H and O–H groups in total. The summed E-state index contributed by atoms with van der Waals surface area (Å²) in [4.78, 5) is 51.2. The minimum absolute atomic E-state index is 0.0119. The van der Waals surface area contributed by atoms with Gasteiger partial charge in [0.1, 0.15) is 0 Å². The third-order valence-corrected chi connectivity index (χ3v) is 4.35. The molecule has 2 rings (SSSR count). The fourth-order valence-electron chi connectivity index (χ4n) is 2.65. The van der Waals surface area contributed by atoms with Crippen molar-refractivity contribution in [3.8, 4) is 0 Å². The van der Waals surface area contributed by atoms with Gasteiger partial charge in [0.15, 0.2) is 6.61 Å². The fourth-order valence-corrected chi connectivity index (χ4v) is 2.65. The first-order valence-corrected chi connectivity index (χ1v) is 9.02. The van der Waals surface area contributed by atoms with Crippen LogP contribution in [0.3, 0.4) is 0 Å². The summed E-state index contributed by atoms with van der Waals surface area (Å²) in [6, 6.07) is 7.38. The smallest absolute Gasteiger partial charge is 0.324 e. The third kappa shape index (κ3) is 5.97. The number of hydrogen-bond donors (Lipinski definition) is 1. The molecule has 4 amide bonds. The molecule has 1 heterocycles. The predicted octanol–water partition coefficient (Wildman–Crippen LogP) is 0.586. The van der Waals surface area contributed by atoms with Crippen molar-refractivity contribution in [3.05, 3.63) is 29.8 Å². The number of rotatable bonds is 9. The molecule has 0 saturated carbocycles. The molecule has 1 saturated heterocycles. The number of nitrogens with one attached hydrogen (secondary N) is 1. The maximum absolute atomic E-state index is 12.1. The number of imide groups is 1. The molecule has 0 unspecified atom stereocenters. The van der Waals surface area contributed by atoms with E-state index in [1.807, 2.05) is 43.3 Å². The molecule has 1 aliphatic rings. The van der Waals surface area contributed by atoms with Gasteiger partial charge >= 0.3 is 12.0 Å². The number of nitrogens with zero attached hydrogens (tertiary/aromatic N) is 3. The summed E-state index contributed by atoms with van der Waals surface area (Å²) in [5.41, 5.74) is 2.04. The van der Waals surface area contributed by atoms with Crippen molar-refractivity contribution >= 4 is 29.5 Å². The van der Waals surface area contributed by atoms with E-state index in [4.69, 9.17) is 4.74 Å². The minimum atomic E-state index is -0.538. The second-order valence-corrected chi connectivity index (χ2v) is 6.78. The minimum Gasteiger partial charge on any atom is -0.456 e. The van der Waals surface area contributed by atoms with Gasteiger partial charge in [-0.2, -0.15) is 0 Å².